The molecule has 0 heterocycles. The molecular formula is C13H16F3NO3. The second kappa shape index (κ2) is 7.25. The Kier molecular flexibility index (Phi) is 5.97. The molecule has 0 saturated carbocycles. The summed E-state index contributed by atoms with van der Waals surface area (Å²) in [6.45, 7) is 0.873. The zero-order valence-corrected chi connectivity index (χ0v) is 10.9. The van der Waals surface area contributed by atoms with Crippen LogP contribution in [-0.2, 0) is 15.7 Å². The first-order valence-electron chi connectivity index (χ1n) is 5.98. The van der Waals surface area contributed by atoms with Crippen LogP contribution in [-0.4, -0.2) is 31.3 Å². The largest absolute Gasteiger partial charge is 0.480 e. The van der Waals surface area contributed by atoms with Crippen LogP contribution < -0.4 is 5.32 Å². The number of hydrogen-bond donors (Lipinski definition) is 2. The molecular weight excluding hydrogens is 275 g/mol. The number of halogens is 3. The Morgan fingerprint density at radius 1 is 1.35 bits per heavy atom. The molecule has 0 fully saturated rings. The standard InChI is InChI=1S/C13H16F3NO3/c1-20-8-2-7-17-11(12(18)19)9-3-5-10(6-4-9)13(14,15)16/h3-6,11,17H,2,7-8H2,1H3,(H,18,19). The lowest BCUT2D eigenvalue weighted by Crippen LogP contribution is -2.29. The summed E-state index contributed by atoms with van der Waals surface area (Å²) in [7, 11) is 1.53. The number of carboxylic acids is 1. The summed E-state index contributed by atoms with van der Waals surface area (Å²) in [6, 6.07) is 3.06. The molecule has 112 valence electrons. The van der Waals surface area contributed by atoms with E-state index in [1.807, 2.05) is 0 Å². The topological polar surface area (TPSA) is 58.6 Å². The van der Waals surface area contributed by atoms with Crippen LogP contribution >= 0.6 is 0 Å². The zero-order valence-electron chi connectivity index (χ0n) is 10.9. The molecule has 20 heavy (non-hydrogen) atoms. The fourth-order valence-electron chi connectivity index (χ4n) is 1.68. The van der Waals surface area contributed by atoms with Crippen LogP contribution in [0.15, 0.2) is 24.3 Å². The molecule has 0 saturated heterocycles. The van der Waals surface area contributed by atoms with Crippen LogP contribution in [0.25, 0.3) is 0 Å². The first kappa shape index (κ1) is 16.5. The number of methoxy groups -OCH3 is 1. The molecule has 4 nitrogen and oxygen atoms in total. The van der Waals surface area contributed by atoms with Crippen LogP contribution in [0.1, 0.15) is 23.6 Å². The highest BCUT2D eigenvalue weighted by Crippen LogP contribution is 2.29. The molecule has 2 N–H and O–H groups in total. The Hall–Kier alpha value is -1.60. The molecule has 1 unspecified atom stereocenters. The molecule has 0 aliphatic heterocycles. The number of rotatable bonds is 7. The third kappa shape index (κ3) is 4.82. The van der Waals surface area contributed by atoms with Crippen LogP contribution in [0.2, 0.25) is 0 Å². The van der Waals surface area contributed by atoms with E-state index in [0.29, 0.717) is 19.6 Å². The first-order valence-corrected chi connectivity index (χ1v) is 5.98. The number of benzene rings is 1. The van der Waals surface area contributed by atoms with Gasteiger partial charge in [0.05, 0.1) is 5.56 Å². The van der Waals surface area contributed by atoms with Crippen molar-refractivity contribution in [3.63, 3.8) is 0 Å². The summed E-state index contributed by atoms with van der Waals surface area (Å²) in [4.78, 5) is 11.1. The van der Waals surface area contributed by atoms with Gasteiger partial charge >= 0.3 is 12.1 Å². The average molecular weight is 291 g/mol. The Morgan fingerprint density at radius 2 is 1.95 bits per heavy atom. The van der Waals surface area contributed by atoms with E-state index in [1.165, 1.54) is 19.2 Å². The van der Waals surface area contributed by atoms with Crippen LogP contribution in [0.3, 0.4) is 0 Å². The Balaban J connectivity index is 2.74. The molecule has 0 spiro atoms. The summed E-state index contributed by atoms with van der Waals surface area (Å²) in [5.74, 6) is -1.14. The molecule has 1 aromatic rings. The van der Waals surface area contributed by atoms with Gasteiger partial charge in [0.2, 0.25) is 0 Å². The van der Waals surface area contributed by atoms with Gasteiger partial charge in [-0.25, -0.2) is 0 Å². The zero-order chi connectivity index (χ0) is 15.2. The summed E-state index contributed by atoms with van der Waals surface area (Å²) in [5, 5.41) is 11.9. The summed E-state index contributed by atoms with van der Waals surface area (Å²) in [5.41, 5.74) is -0.521. The second-order valence-electron chi connectivity index (χ2n) is 4.19. The normalized spacial score (nSPS) is 13.2. The maximum atomic E-state index is 12.4. The molecule has 0 aromatic heterocycles. The van der Waals surface area contributed by atoms with Gasteiger partial charge in [0, 0.05) is 13.7 Å². The smallest absolute Gasteiger partial charge is 0.416 e. The van der Waals surface area contributed by atoms with E-state index >= 15 is 0 Å². The van der Waals surface area contributed by atoms with Crippen LogP contribution in [0, 0.1) is 0 Å². The minimum Gasteiger partial charge on any atom is -0.480 e. The van der Waals surface area contributed by atoms with Gasteiger partial charge < -0.3 is 15.2 Å². The van der Waals surface area contributed by atoms with Gasteiger partial charge in [0.25, 0.3) is 0 Å². The number of aliphatic carboxylic acids is 1. The molecule has 7 heteroatoms. The number of carboxylic acid groups (broad SMARTS) is 1. The molecule has 0 radical (unpaired) electrons. The van der Waals surface area contributed by atoms with Crippen molar-refractivity contribution in [3.05, 3.63) is 35.4 Å². The van der Waals surface area contributed by atoms with Crippen molar-refractivity contribution in [1.29, 1.82) is 0 Å². The quantitative estimate of drug-likeness (QED) is 0.758. The molecule has 0 aliphatic rings. The second-order valence-corrected chi connectivity index (χ2v) is 4.19. The highest BCUT2D eigenvalue weighted by Gasteiger charge is 2.30. The third-order valence-electron chi connectivity index (χ3n) is 2.69. The molecule has 0 amide bonds. The molecule has 1 aromatic carbocycles. The minimum atomic E-state index is -4.43. The Bertz CT molecular complexity index is 431. The van der Waals surface area contributed by atoms with E-state index in [0.717, 1.165) is 12.1 Å². The van der Waals surface area contributed by atoms with Crippen molar-refractivity contribution in [2.24, 2.45) is 0 Å². The molecule has 0 aliphatic carbocycles. The van der Waals surface area contributed by atoms with E-state index < -0.39 is 23.8 Å². The van der Waals surface area contributed by atoms with Gasteiger partial charge in [-0.1, -0.05) is 12.1 Å². The lowest BCUT2D eigenvalue weighted by atomic mass is 10.0. The van der Waals surface area contributed by atoms with Gasteiger partial charge in [-0.3, -0.25) is 4.79 Å². The van der Waals surface area contributed by atoms with Crippen LogP contribution in [0.5, 0.6) is 0 Å². The van der Waals surface area contributed by atoms with Crippen LogP contribution in [0.4, 0.5) is 13.2 Å². The maximum Gasteiger partial charge on any atom is 0.416 e. The average Bonchev–Trinajstić information content (AvgIpc) is 2.37. The lowest BCUT2D eigenvalue weighted by Gasteiger charge is -2.15. The lowest BCUT2D eigenvalue weighted by molar-refractivity contribution is -0.139. The Morgan fingerprint density at radius 3 is 2.40 bits per heavy atom. The first-order chi connectivity index (χ1) is 9.36. The SMILES string of the molecule is COCCCNC(C(=O)O)c1ccc(C(F)(F)F)cc1. The number of alkyl halides is 3. The van der Waals surface area contributed by atoms with Gasteiger partial charge in [-0.2, -0.15) is 13.2 Å². The monoisotopic (exact) mass is 291 g/mol. The highest BCUT2D eigenvalue weighted by atomic mass is 19.4. The number of hydrogen-bond acceptors (Lipinski definition) is 3. The molecule has 0 bridgehead atoms. The highest BCUT2D eigenvalue weighted by molar-refractivity contribution is 5.75. The van der Waals surface area contributed by atoms with E-state index in [2.05, 4.69) is 5.32 Å². The van der Waals surface area contributed by atoms with E-state index in [4.69, 9.17) is 9.84 Å². The van der Waals surface area contributed by atoms with E-state index in [9.17, 15) is 18.0 Å². The van der Waals surface area contributed by atoms with Gasteiger partial charge in [0.15, 0.2) is 0 Å². The van der Waals surface area contributed by atoms with Gasteiger partial charge in [0.1, 0.15) is 6.04 Å². The molecule has 1 rings (SSSR count). The summed E-state index contributed by atoms with van der Waals surface area (Å²) < 4.78 is 42.1. The maximum absolute atomic E-state index is 12.4. The predicted molar refractivity (Wildman–Crippen MR) is 66.3 cm³/mol. The summed E-state index contributed by atoms with van der Waals surface area (Å²) >= 11 is 0. The fourth-order valence-corrected chi connectivity index (χ4v) is 1.68. The number of ether oxygens (including phenoxy) is 1. The van der Waals surface area contributed by atoms with Crippen molar-refractivity contribution < 1.29 is 27.8 Å². The van der Waals surface area contributed by atoms with Crippen molar-refractivity contribution in [2.45, 2.75) is 18.6 Å². The third-order valence-corrected chi connectivity index (χ3v) is 2.69. The fraction of sp³-hybridized carbons (Fsp3) is 0.462. The van der Waals surface area contributed by atoms with Crippen molar-refractivity contribution in [2.75, 3.05) is 20.3 Å². The van der Waals surface area contributed by atoms with Crippen molar-refractivity contribution >= 4 is 5.97 Å². The minimum absolute atomic E-state index is 0.280. The van der Waals surface area contributed by atoms with Crippen molar-refractivity contribution in [1.82, 2.24) is 5.32 Å². The number of carbonyl (C=O) groups is 1. The van der Waals surface area contributed by atoms with E-state index in [1.54, 1.807) is 0 Å². The predicted octanol–water partition coefficient (Wildman–Crippen LogP) is 2.46. The van der Waals surface area contributed by atoms with Gasteiger partial charge in [-0.05, 0) is 30.7 Å². The number of nitrogens with one attached hydrogen (secondary N) is 1. The Labute approximate surface area is 114 Å². The summed E-state index contributed by atoms with van der Waals surface area (Å²) in [6.07, 6.45) is -3.82. The van der Waals surface area contributed by atoms with E-state index in [-0.39, 0.29) is 5.56 Å². The molecule has 1 atom stereocenters. The van der Waals surface area contributed by atoms with Gasteiger partial charge in [-0.15, -0.1) is 0 Å². The van der Waals surface area contributed by atoms with Crippen molar-refractivity contribution in [3.8, 4) is 0 Å².